The fraction of sp³-hybridized carbons (Fsp3) is 1.00. The van der Waals surface area contributed by atoms with Crippen molar-refractivity contribution in [2.24, 2.45) is 0 Å². The van der Waals surface area contributed by atoms with Crippen molar-refractivity contribution in [3.8, 4) is 0 Å². The largest absolute Gasteiger partial charge is 0.460 e. The molecule has 0 radical (unpaired) electrons. The second-order valence-electron chi connectivity index (χ2n) is 6.31. The maximum atomic E-state index is 12.2. The molecule has 0 aromatic heterocycles. The molecule has 0 spiro atoms. The van der Waals surface area contributed by atoms with E-state index in [0.29, 0.717) is 0 Å². The Hall–Kier alpha value is -1.52. The summed E-state index contributed by atoms with van der Waals surface area (Å²) < 4.78 is 268. The third-order valence-electron chi connectivity index (χ3n) is 3.14. The van der Waals surface area contributed by atoms with Crippen LogP contribution in [0.2, 0.25) is 0 Å². The number of rotatable bonds is 7. The van der Waals surface area contributed by atoms with Crippen LogP contribution in [0.25, 0.3) is 0 Å². The van der Waals surface area contributed by atoms with Crippen LogP contribution in [0.5, 0.6) is 0 Å². The van der Waals surface area contributed by atoms with Crippen LogP contribution in [0.1, 0.15) is 6.92 Å². The molecule has 1 atom stereocenters. The van der Waals surface area contributed by atoms with E-state index in [2.05, 4.69) is 0 Å². The first-order valence-corrected chi connectivity index (χ1v) is 10.8. The van der Waals surface area contributed by atoms with E-state index >= 15 is 0 Å². The number of alkyl halides is 18. The van der Waals surface area contributed by atoms with Gasteiger partial charge in [0.1, 0.15) is 0 Å². The Kier molecular flexibility index (Phi) is 12.7. The summed E-state index contributed by atoms with van der Waals surface area (Å²) >= 11 is 0. The topological polar surface area (TPSA) is 149 Å². The zero-order valence-electron chi connectivity index (χ0n) is 17.3. The molecule has 8 nitrogen and oxygen atoms in total. The Morgan fingerprint density at radius 1 is 0.513 bits per heavy atom. The van der Waals surface area contributed by atoms with Crippen molar-refractivity contribution in [2.45, 2.75) is 59.6 Å². The van der Waals surface area contributed by atoms with E-state index in [1.165, 1.54) is 6.92 Å². The van der Waals surface area contributed by atoms with E-state index in [1.807, 2.05) is 0 Å². The highest BCUT2D eigenvalue weighted by Gasteiger charge is 2.86. The van der Waals surface area contributed by atoms with E-state index in [4.69, 9.17) is 19.3 Å². The highest BCUT2D eigenvalue weighted by molar-refractivity contribution is 7.87. The van der Waals surface area contributed by atoms with Gasteiger partial charge in [-0.2, -0.15) is 95.9 Å². The minimum Gasteiger partial charge on any atom is -0.394 e. The van der Waals surface area contributed by atoms with E-state index in [-0.39, 0.29) is 6.61 Å². The minimum atomic E-state index is -7.37. The van der Waals surface area contributed by atoms with Gasteiger partial charge in [0, 0.05) is 0 Å². The third kappa shape index (κ3) is 8.26. The second kappa shape index (κ2) is 11.8. The van der Waals surface area contributed by atoms with E-state index in [9.17, 15) is 95.9 Å². The van der Waals surface area contributed by atoms with Crippen LogP contribution in [0.3, 0.4) is 0 Å². The average molecular weight is 676 g/mol. The van der Waals surface area contributed by atoms with Crippen LogP contribution in [0.4, 0.5) is 79.0 Å². The highest BCUT2D eigenvalue weighted by atomic mass is 32.2. The lowest BCUT2D eigenvalue weighted by Crippen LogP contribution is -2.63. The van der Waals surface area contributed by atoms with Gasteiger partial charge >= 0.3 is 66.8 Å². The molecule has 0 aromatic carbocycles. The normalized spacial score (nSPS) is 16.0. The molecule has 240 valence electrons. The summed E-state index contributed by atoms with van der Waals surface area (Å²) in [6.07, 6.45) is -14.8. The molecule has 0 aliphatic heterocycles. The number of hydrogen-bond acceptors (Lipinski definition) is 6. The molecule has 0 amide bonds. The van der Waals surface area contributed by atoms with Crippen LogP contribution < -0.4 is 0 Å². The van der Waals surface area contributed by atoms with Gasteiger partial charge in [0.15, 0.2) is 0 Å². The lowest BCUT2D eigenvalue weighted by molar-refractivity contribution is -0.382. The highest BCUT2D eigenvalue weighted by Crippen LogP contribution is 2.55. The van der Waals surface area contributed by atoms with E-state index < -0.39 is 72.9 Å². The van der Waals surface area contributed by atoms with Crippen molar-refractivity contribution < 1.29 is 115 Å². The smallest absolute Gasteiger partial charge is 0.394 e. The molecule has 0 heterocycles. The summed E-state index contributed by atoms with van der Waals surface area (Å²) in [6.45, 7) is 1.39. The summed E-state index contributed by atoms with van der Waals surface area (Å²) in [4.78, 5) is 0. The second-order valence-corrected chi connectivity index (χ2v) is 9.23. The van der Waals surface area contributed by atoms with Gasteiger partial charge in [0.05, 0.1) is 12.7 Å². The molecule has 0 saturated heterocycles. The molecule has 1 unspecified atom stereocenters. The summed E-state index contributed by atoms with van der Waals surface area (Å²) in [5, 5.41) is 2.00. The van der Waals surface area contributed by atoms with Gasteiger partial charge in [-0.05, 0) is 6.92 Å². The standard InChI is InChI=1S/2C4HF9O3S.C3H8O2/c2*5-1(6,3(9,10)11)2(7,8)4(12,13)17(14,15)16;1-3(5)2-4/h2*(H,14,15,16);3-5H,2H2,1H3. The molecule has 0 saturated carbocycles. The van der Waals surface area contributed by atoms with Gasteiger partial charge < -0.3 is 10.2 Å². The van der Waals surface area contributed by atoms with Crippen LogP contribution in [0.15, 0.2) is 0 Å². The quantitative estimate of drug-likeness (QED) is 0.234. The average Bonchev–Trinajstić information content (AvgIpc) is 2.64. The molecule has 4 N–H and O–H groups in total. The van der Waals surface area contributed by atoms with Crippen molar-refractivity contribution in [3.63, 3.8) is 0 Å². The molecule has 0 fully saturated rings. The van der Waals surface area contributed by atoms with Crippen molar-refractivity contribution in [1.82, 2.24) is 0 Å². The lowest BCUT2D eigenvalue weighted by atomic mass is 10.1. The monoisotopic (exact) mass is 676 g/mol. The SMILES string of the molecule is CC(O)CO.O=S(=O)(O)C(F)(F)C(F)(F)C(F)(F)C(F)(F)F.O=S(=O)(O)C(F)(F)C(F)(F)C(F)(F)C(F)(F)F. The summed E-state index contributed by atoms with van der Waals surface area (Å²) in [7, 11) is -14.3. The summed E-state index contributed by atoms with van der Waals surface area (Å²) in [5.41, 5.74) is 0. The van der Waals surface area contributed by atoms with Gasteiger partial charge in [-0.3, -0.25) is 9.11 Å². The Morgan fingerprint density at radius 2 is 0.667 bits per heavy atom. The molecule has 28 heteroatoms. The molecule has 0 rings (SSSR count). The van der Waals surface area contributed by atoms with E-state index in [1.54, 1.807) is 0 Å². The molecular formula is C11H10F18O8S2. The van der Waals surface area contributed by atoms with E-state index in [0.717, 1.165) is 0 Å². The van der Waals surface area contributed by atoms with Crippen LogP contribution >= 0.6 is 0 Å². The summed E-state index contributed by atoms with van der Waals surface area (Å²) in [5.74, 6) is -29.4. The maximum absolute atomic E-state index is 12.2. The van der Waals surface area contributed by atoms with Gasteiger partial charge in [0.25, 0.3) is 0 Å². The number of hydrogen-bond donors (Lipinski definition) is 4. The first-order chi connectivity index (χ1) is 16.3. The fourth-order valence-corrected chi connectivity index (χ4v) is 1.95. The van der Waals surface area contributed by atoms with Gasteiger partial charge in [-0.25, -0.2) is 0 Å². The van der Waals surface area contributed by atoms with Crippen molar-refractivity contribution in [2.75, 3.05) is 6.61 Å². The van der Waals surface area contributed by atoms with Crippen LogP contribution in [-0.2, 0) is 20.2 Å². The van der Waals surface area contributed by atoms with Crippen molar-refractivity contribution in [1.29, 1.82) is 0 Å². The van der Waals surface area contributed by atoms with Crippen LogP contribution in [0, 0.1) is 0 Å². The predicted octanol–water partition coefficient (Wildman–Crippen LogP) is 3.96. The van der Waals surface area contributed by atoms with Crippen molar-refractivity contribution >= 4 is 20.2 Å². The van der Waals surface area contributed by atoms with Crippen LogP contribution in [-0.4, -0.2) is 95.4 Å². The van der Waals surface area contributed by atoms with Crippen molar-refractivity contribution in [3.05, 3.63) is 0 Å². The summed E-state index contributed by atoms with van der Waals surface area (Å²) in [6, 6.07) is 0. The molecule has 0 aliphatic rings. The number of aliphatic hydroxyl groups is 2. The maximum Gasteiger partial charge on any atom is 0.460 e. The Morgan fingerprint density at radius 3 is 0.744 bits per heavy atom. The molecule has 0 aliphatic carbocycles. The Bertz CT molecular complexity index is 935. The minimum absolute atomic E-state index is 0.139. The zero-order chi connectivity index (χ0) is 33.3. The Balaban J connectivity index is -0.000000566. The number of halogens is 18. The lowest BCUT2D eigenvalue weighted by Gasteiger charge is -2.31. The first kappa shape index (κ1) is 42.0. The van der Waals surface area contributed by atoms with Gasteiger partial charge in [0.2, 0.25) is 0 Å². The molecule has 39 heavy (non-hydrogen) atoms. The fourth-order valence-electron chi connectivity index (χ4n) is 1.05. The molecule has 0 aromatic rings. The Labute approximate surface area is 202 Å². The zero-order valence-corrected chi connectivity index (χ0v) is 19.0. The number of aliphatic hydroxyl groups excluding tert-OH is 2. The molecular weight excluding hydrogens is 666 g/mol. The first-order valence-electron chi connectivity index (χ1n) is 7.90. The third-order valence-corrected chi connectivity index (χ3v) is 4.95. The van der Waals surface area contributed by atoms with Gasteiger partial charge in [-0.15, -0.1) is 0 Å². The molecule has 0 bridgehead atoms. The van der Waals surface area contributed by atoms with Gasteiger partial charge in [-0.1, -0.05) is 0 Å². The predicted molar refractivity (Wildman–Crippen MR) is 83.7 cm³/mol.